The molecular weight excluding hydrogens is 444 g/mol. The number of nitrogens with zero attached hydrogens (tertiary/aromatic N) is 3. The molecule has 1 amide bonds. The van der Waals surface area contributed by atoms with Gasteiger partial charge in [0, 0.05) is 17.2 Å². The topological polar surface area (TPSA) is 98.0 Å². The normalized spacial score (nSPS) is 29.6. The van der Waals surface area contributed by atoms with Crippen LogP contribution < -0.4 is 10.1 Å². The number of ether oxygens (including phenoxy) is 1. The highest BCUT2D eigenvalue weighted by molar-refractivity contribution is 5.97. The average Bonchev–Trinajstić information content (AvgIpc) is 3.11. The molecule has 8 nitrogen and oxygen atoms in total. The highest BCUT2D eigenvalue weighted by Gasteiger charge is 2.57. The lowest BCUT2D eigenvalue weighted by molar-refractivity contribution is -0.139. The Morgan fingerprint density at radius 2 is 2.00 bits per heavy atom. The van der Waals surface area contributed by atoms with Crippen LogP contribution in [0.2, 0.25) is 0 Å². The third-order valence-electron chi connectivity index (χ3n) is 7.31. The molecule has 4 aliphatic rings. The van der Waals surface area contributed by atoms with Crippen molar-refractivity contribution in [3.05, 3.63) is 17.8 Å². The van der Waals surface area contributed by atoms with Gasteiger partial charge < -0.3 is 20.0 Å². The molecule has 2 N–H and O–H groups in total. The van der Waals surface area contributed by atoms with E-state index in [4.69, 9.17) is 9.57 Å². The van der Waals surface area contributed by atoms with E-state index < -0.39 is 5.60 Å². The number of oxime groups is 1. The maximum Gasteiger partial charge on any atom is 0.258 e. The zero-order valence-electron chi connectivity index (χ0n) is 22.1. The summed E-state index contributed by atoms with van der Waals surface area (Å²) in [6, 6.07) is 0. The van der Waals surface area contributed by atoms with Crippen LogP contribution >= 0.6 is 0 Å². The fraction of sp³-hybridized carbons (Fsp3) is 0.741. The summed E-state index contributed by atoms with van der Waals surface area (Å²) in [5.74, 6) is 1.55. The van der Waals surface area contributed by atoms with Crippen LogP contribution in [0.3, 0.4) is 0 Å². The third kappa shape index (κ3) is 6.08. The Hall–Kier alpha value is -2.35. The van der Waals surface area contributed by atoms with E-state index >= 15 is 0 Å². The van der Waals surface area contributed by atoms with E-state index in [1.807, 2.05) is 40.0 Å². The molecule has 2 unspecified atom stereocenters. The van der Waals surface area contributed by atoms with Gasteiger partial charge in [-0.15, -0.1) is 0 Å². The number of hydrogen-bond donors (Lipinski definition) is 2. The van der Waals surface area contributed by atoms with Gasteiger partial charge in [-0.05, 0) is 70.1 Å². The van der Waals surface area contributed by atoms with Crippen LogP contribution in [0.1, 0.15) is 90.4 Å². The first-order chi connectivity index (χ1) is 16.4. The summed E-state index contributed by atoms with van der Waals surface area (Å²) < 4.78 is 7.72. The number of aromatic nitrogens is 2. The quantitative estimate of drug-likeness (QED) is 0.371. The van der Waals surface area contributed by atoms with Crippen molar-refractivity contribution in [3.63, 3.8) is 0 Å². The Kier molecular flexibility index (Phi) is 7.06. The van der Waals surface area contributed by atoms with Crippen molar-refractivity contribution in [1.82, 2.24) is 15.1 Å². The molecule has 0 aromatic carbocycles. The Morgan fingerprint density at radius 1 is 1.31 bits per heavy atom. The van der Waals surface area contributed by atoms with Crippen LogP contribution in [0.4, 0.5) is 0 Å². The van der Waals surface area contributed by atoms with Gasteiger partial charge in [-0.25, -0.2) is 4.68 Å². The SMILES string of the molecule is CC(C)=NOCC(C)(C)C=Cn1ncc(C(=O)NC23CC4CC(CC(O)(C4)C2)C3)c1OCC(C)C. The molecule has 194 valence electrons. The molecule has 1 aromatic rings. The van der Waals surface area contributed by atoms with Crippen molar-refractivity contribution in [1.29, 1.82) is 0 Å². The lowest BCUT2D eigenvalue weighted by Crippen LogP contribution is -2.65. The zero-order valence-corrected chi connectivity index (χ0v) is 22.1. The molecule has 2 atom stereocenters. The predicted octanol–water partition coefficient (Wildman–Crippen LogP) is 4.64. The minimum absolute atomic E-state index is 0.177. The number of amides is 1. The van der Waals surface area contributed by atoms with E-state index in [1.165, 1.54) is 6.42 Å². The summed E-state index contributed by atoms with van der Waals surface area (Å²) in [6.07, 6.45) is 10.8. The van der Waals surface area contributed by atoms with Crippen molar-refractivity contribution in [2.75, 3.05) is 13.2 Å². The number of hydrogen-bond acceptors (Lipinski definition) is 6. The van der Waals surface area contributed by atoms with Gasteiger partial charge in [0.05, 0.1) is 24.1 Å². The average molecular weight is 487 g/mol. The Labute approximate surface area is 209 Å². The van der Waals surface area contributed by atoms with E-state index in [-0.39, 0.29) is 16.9 Å². The van der Waals surface area contributed by atoms with Crippen LogP contribution in [0.15, 0.2) is 17.4 Å². The van der Waals surface area contributed by atoms with Crippen molar-refractivity contribution >= 4 is 17.8 Å². The summed E-state index contributed by atoms with van der Waals surface area (Å²) >= 11 is 0. The van der Waals surface area contributed by atoms with Crippen LogP contribution in [-0.4, -0.2) is 50.9 Å². The number of aliphatic hydroxyl groups is 1. The van der Waals surface area contributed by atoms with Crippen molar-refractivity contribution in [2.45, 2.75) is 91.2 Å². The van der Waals surface area contributed by atoms with E-state index in [0.717, 1.165) is 31.4 Å². The Bertz CT molecular complexity index is 975. The van der Waals surface area contributed by atoms with Crippen LogP contribution in [0.25, 0.3) is 6.20 Å². The smallest absolute Gasteiger partial charge is 0.258 e. The minimum atomic E-state index is -0.630. The van der Waals surface area contributed by atoms with Gasteiger partial charge in [-0.1, -0.05) is 38.9 Å². The second-order valence-electron chi connectivity index (χ2n) is 12.5. The lowest BCUT2D eigenvalue weighted by atomic mass is 9.51. The highest BCUT2D eigenvalue weighted by atomic mass is 16.6. The highest BCUT2D eigenvalue weighted by Crippen LogP contribution is 2.57. The number of nitrogens with one attached hydrogen (secondary N) is 1. The molecule has 0 radical (unpaired) electrons. The zero-order chi connectivity index (χ0) is 25.4. The van der Waals surface area contributed by atoms with Crippen molar-refractivity contribution in [3.8, 4) is 5.88 Å². The maximum atomic E-state index is 13.5. The van der Waals surface area contributed by atoms with E-state index in [2.05, 4.69) is 29.4 Å². The summed E-state index contributed by atoms with van der Waals surface area (Å²) in [5.41, 5.74) is 0.0359. The van der Waals surface area contributed by atoms with E-state index in [1.54, 1.807) is 10.9 Å². The van der Waals surface area contributed by atoms with E-state index in [9.17, 15) is 9.90 Å². The Balaban J connectivity index is 1.52. The van der Waals surface area contributed by atoms with Crippen molar-refractivity contribution < 1.29 is 19.5 Å². The summed E-state index contributed by atoms with van der Waals surface area (Å²) in [4.78, 5) is 19.0. The van der Waals surface area contributed by atoms with Crippen LogP contribution in [0.5, 0.6) is 5.88 Å². The molecule has 5 rings (SSSR count). The second kappa shape index (κ2) is 9.60. The standard InChI is InChI=1S/C27H42N4O4/c1-18(2)15-34-24-22(14-28-31(24)8-7-25(5,6)17-35-30-19(3)4)23(32)29-26-10-20-9-21(11-26)13-27(33,12-20)16-26/h7-8,14,18,20-21,33H,9-13,15-17H2,1-6H3,(H,29,32). The minimum Gasteiger partial charge on any atom is -0.477 e. The molecule has 1 aromatic heterocycles. The molecule has 4 fully saturated rings. The monoisotopic (exact) mass is 486 g/mol. The molecule has 8 heteroatoms. The fourth-order valence-corrected chi connectivity index (χ4v) is 6.32. The maximum absolute atomic E-state index is 13.5. The fourth-order valence-electron chi connectivity index (χ4n) is 6.32. The molecule has 0 aliphatic heterocycles. The van der Waals surface area contributed by atoms with Gasteiger partial charge in [0.25, 0.3) is 5.91 Å². The summed E-state index contributed by atoms with van der Waals surface area (Å²) in [5, 5.41) is 22.9. The second-order valence-corrected chi connectivity index (χ2v) is 12.5. The lowest BCUT2D eigenvalue weighted by Gasteiger charge is -2.60. The first-order valence-corrected chi connectivity index (χ1v) is 13.0. The molecule has 0 spiro atoms. The molecule has 1 heterocycles. The largest absolute Gasteiger partial charge is 0.477 e. The van der Waals surface area contributed by atoms with Gasteiger partial charge in [0.2, 0.25) is 5.88 Å². The van der Waals surface area contributed by atoms with Gasteiger partial charge in [-0.2, -0.15) is 5.10 Å². The third-order valence-corrected chi connectivity index (χ3v) is 7.31. The number of carbonyl (C=O) groups is 1. The Morgan fingerprint density at radius 3 is 2.60 bits per heavy atom. The van der Waals surface area contributed by atoms with Crippen LogP contribution in [-0.2, 0) is 4.84 Å². The molecule has 0 saturated heterocycles. The van der Waals surface area contributed by atoms with Gasteiger partial charge in [-0.3, -0.25) is 4.79 Å². The molecule has 35 heavy (non-hydrogen) atoms. The summed E-state index contributed by atoms with van der Waals surface area (Å²) in [7, 11) is 0. The summed E-state index contributed by atoms with van der Waals surface area (Å²) in [6.45, 7) is 12.9. The number of rotatable bonds is 10. The number of carbonyl (C=O) groups excluding carboxylic acids is 1. The van der Waals surface area contributed by atoms with Gasteiger partial charge in [0.1, 0.15) is 12.2 Å². The van der Waals surface area contributed by atoms with Crippen LogP contribution in [0, 0.1) is 23.2 Å². The first kappa shape index (κ1) is 25.7. The van der Waals surface area contributed by atoms with E-state index in [0.29, 0.717) is 48.8 Å². The molecular formula is C27H42N4O4. The molecule has 4 bridgehead atoms. The first-order valence-electron chi connectivity index (χ1n) is 13.0. The van der Waals surface area contributed by atoms with Gasteiger partial charge >= 0.3 is 0 Å². The molecule has 4 saturated carbocycles. The van der Waals surface area contributed by atoms with Gasteiger partial charge in [0.15, 0.2) is 0 Å². The van der Waals surface area contributed by atoms with Crippen molar-refractivity contribution in [2.24, 2.45) is 28.3 Å². The molecule has 4 aliphatic carbocycles. The predicted molar refractivity (Wildman–Crippen MR) is 136 cm³/mol.